The number of aryl methyl sites for hydroxylation is 2. The maximum atomic E-state index is 11.9. The van der Waals surface area contributed by atoms with E-state index in [0.29, 0.717) is 4.88 Å². The summed E-state index contributed by atoms with van der Waals surface area (Å²) in [6.07, 6.45) is 1.99. The summed E-state index contributed by atoms with van der Waals surface area (Å²) in [5.41, 5.74) is 6.34. The Kier molecular flexibility index (Phi) is 3.50. The first kappa shape index (κ1) is 14.2. The van der Waals surface area contributed by atoms with Crippen molar-refractivity contribution in [3.8, 4) is 21.6 Å². The Balaban J connectivity index is 1.93. The van der Waals surface area contributed by atoms with Crippen LogP contribution in [-0.4, -0.2) is 13.1 Å². The molecule has 0 unspecified atom stereocenters. The highest BCUT2D eigenvalue weighted by atomic mass is 32.1. The lowest BCUT2D eigenvalue weighted by atomic mass is 9.86. The number of rotatable bonds is 2. The molecule has 0 N–H and O–H groups in total. The minimum absolute atomic E-state index is 0.247. The Morgan fingerprint density at radius 2 is 1.78 bits per heavy atom. The van der Waals surface area contributed by atoms with Crippen molar-refractivity contribution in [2.75, 3.05) is 7.11 Å². The zero-order valence-corrected chi connectivity index (χ0v) is 13.7. The molecule has 2 nitrogen and oxygen atoms in total. The van der Waals surface area contributed by atoms with E-state index in [0.717, 1.165) is 12.8 Å². The van der Waals surface area contributed by atoms with E-state index in [4.69, 9.17) is 4.74 Å². The molecule has 3 aromatic rings. The number of hydrogen-bond acceptors (Lipinski definition) is 3. The molecule has 0 fully saturated rings. The SMILES string of the molecule is COC(=O)c1cc2c(s1)-c1c(cccc1-c1ccccc1)CC2. The molecule has 0 amide bonds. The van der Waals surface area contributed by atoms with Gasteiger partial charge in [0.2, 0.25) is 0 Å². The number of esters is 1. The molecular formula is C20H16O2S. The van der Waals surface area contributed by atoms with Crippen molar-refractivity contribution < 1.29 is 9.53 Å². The van der Waals surface area contributed by atoms with Gasteiger partial charge in [-0.15, -0.1) is 11.3 Å². The molecule has 0 radical (unpaired) electrons. The molecule has 0 atom stereocenters. The second-order valence-corrected chi connectivity index (χ2v) is 6.71. The van der Waals surface area contributed by atoms with Crippen LogP contribution in [0.5, 0.6) is 0 Å². The fraction of sp³-hybridized carbons (Fsp3) is 0.150. The molecule has 1 aliphatic rings. The second-order valence-electron chi connectivity index (χ2n) is 5.66. The van der Waals surface area contributed by atoms with Crippen molar-refractivity contribution >= 4 is 17.3 Å². The Morgan fingerprint density at radius 3 is 2.57 bits per heavy atom. The molecule has 0 aliphatic heterocycles. The van der Waals surface area contributed by atoms with Gasteiger partial charge in [0.25, 0.3) is 0 Å². The minimum Gasteiger partial charge on any atom is -0.465 e. The maximum Gasteiger partial charge on any atom is 0.348 e. The van der Waals surface area contributed by atoms with Gasteiger partial charge in [-0.05, 0) is 41.2 Å². The van der Waals surface area contributed by atoms with E-state index in [9.17, 15) is 4.79 Å². The van der Waals surface area contributed by atoms with Crippen LogP contribution in [-0.2, 0) is 17.6 Å². The molecule has 23 heavy (non-hydrogen) atoms. The first-order chi connectivity index (χ1) is 11.3. The highest BCUT2D eigenvalue weighted by molar-refractivity contribution is 7.17. The average Bonchev–Trinajstić information content (AvgIpc) is 3.05. The first-order valence-corrected chi connectivity index (χ1v) is 8.48. The number of fused-ring (bicyclic) bond motifs is 3. The third-order valence-electron chi connectivity index (χ3n) is 4.32. The Labute approximate surface area is 139 Å². The minimum atomic E-state index is -0.247. The molecule has 3 heteroatoms. The van der Waals surface area contributed by atoms with Crippen LogP contribution in [0.4, 0.5) is 0 Å². The topological polar surface area (TPSA) is 26.3 Å². The molecule has 1 aliphatic carbocycles. The molecule has 1 heterocycles. The zero-order chi connectivity index (χ0) is 15.8. The summed E-state index contributed by atoms with van der Waals surface area (Å²) in [5, 5.41) is 0. The predicted molar refractivity (Wildman–Crippen MR) is 93.9 cm³/mol. The second kappa shape index (κ2) is 5.67. The number of methoxy groups -OCH3 is 1. The lowest BCUT2D eigenvalue weighted by Gasteiger charge is -2.20. The number of thiophene rings is 1. The molecule has 0 saturated carbocycles. The molecule has 0 spiro atoms. The monoisotopic (exact) mass is 320 g/mol. The largest absolute Gasteiger partial charge is 0.465 e. The average molecular weight is 320 g/mol. The molecule has 4 rings (SSSR count). The van der Waals surface area contributed by atoms with Crippen LogP contribution in [0.15, 0.2) is 54.6 Å². The van der Waals surface area contributed by atoms with Crippen molar-refractivity contribution in [1.29, 1.82) is 0 Å². The Hall–Kier alpha value is -2.39. The standard InChI is InChI=1S/C20H16O2S/c1-22-20(21)17-12-15-11-10-14-8-5-9-16(18(14)19(15)23-17)13-6-3-2-4-7-13/h2-9,12H,10-11H2,1H3. The first-order valence-electron chi connectivity index (χ1n) is 7.66. The number of ether oxygens (including phenoxy) is 1. The summed E-state index contributed by atoms with van der Waals surface area (Å²) in [5.74, 6) is -0.247. The van der Waals surface area contributed by atoms with E-state index in [1.54, 1.807) is 11.3 Å². The number of hydrogen-bond donors (Lipinski definition) is 0. The van der Waals surface area contributed by atoms with Gasteiger partial charge in [-0.1, -0.05) is 48.5 Å². The van der Waals surface area contributed by atoms with Crippen LogP contribution in [0.3, 0.4) is 0 Å². The number of benzene rings is 2. The predicted octanol–water partition coefficient (Wildman–Crippen LogP) is 4.97. The van der Waals surface area contributed by atoms with Gasteiger partial charge in [0.1, 0.15) is 4.88 Å². The van der Waals surface area contributed by atoms with E-state index in [1.165, 1.54) is 39.8 Å². The third kappa shape index (κ3) is 2.37. The van der Waals surface area contributed by atoms with Gasteiger partial charge >= 0.3 is 5.97 Å². The van der Waals surface area contributed by atoms with Crippen LogP contribution in [0.25, 0.3) is 21.6 Å². The smallest absolute Gasteiger partial charge is 0.348 e. The normalized spacial score (nSPS) is 12.4. The summed E-state index contributed by atoms with van der Waals surface area (Å²) in [6, 6.07) is 18.9. The van der Waals surface area contributed by atoms with Crippen LogP contribution in [0.1, 0.15) is 20.8 Å². The van der Waals surface area contributed by atoms with Crippen LogP contribution >= 0.6 is 11.3 Å². The highest BCUT2D eigenvalue weighted by Crippen LogP contribution is 2.44. The van der Waals surface area contributed by atoms with E-state index in [2.05, 4.69) is 42.5 Å². The summed E-state index contributed by atoms with van der Waals surface area (Å²) in [7, 11) is 1.43. The lowest BCUT2D eigenvalue weighted by molar-refractivity contribution is 0.0606. The fourth-order valence-corrected chi connectivity index (χ4v) is 4.45. The van der Waals surface area contributed by atoms with Crippen molar-refractivity contribution in [3.05, 3.63) is 70.6 Å². The molecule has 2 aromatic carbocycles. The van der Waals surface area contributed by atoms with Crippen LogP contribution in [0, 0.1) is 0 Å². The van der Waals surface area contributed by atoms with Gasteiger partial charge in [0.15, 0.2) is 0 Å². The quantitative estimate of drug-likeness (QED) is 0.623. The number of carbonyl (C=O) groups excluding carboxylic acids is 1. The van der Waals surface area contributed by atoms with Crippen molar-refractivity contribution in [3.63, 3.8) is 0 Å². The molecule has 114 valence electrons. The van der Waals surface area contributed by atoms with Gasteiger partial charge in [-0.2, -0.15) is 0 Å². The molecular weight excluding hydrogens is 304 g/mol. The van der Waals surface area contributed by atoms with Gasteiger partial charge in [-0.25, -0.2) is 4.79 Å². The summed E-state index contributed by atoms with van der Waals surface area (Å²) in [6.45, 7) is 0. The Morgan fingerprint density at radius 1 is 1.00 bits per heavy atom. The van der Waals surface area contributed by atoms with Crippen molar-refractivity contribution in [2.24, 2.45) is 0 Å². The number of carbonyl (C=O) groups is 1. The van der Waals surface area contributed by atoms with E-state index in [1.807, 2.05) is 12.1 Å². The molecule has 1 aromatic heterocycles. The van der Waals surface area contributed by atoms with Gasteiger partial charge in [0.05, 0.1) is 7.11 Å². The van der Waals surface area contributed by atoms with Crippen LogP contribution in [0.2, 0.25) is 0 Å². The van der Waals surface area contributed by atoms with Crippen molar-refractivity contribution in [1.82, 2.24) is 0 Å². The van der Waals surface area contributed by atoms with Gasteiger partial charge in [0, 0.05) is 10.4 Å². The van der Waals surface area contributed by atoms with Crippen molar-refractivity contribution in [2.45, 2.75) is 12.8 Å². The fourth-order valence-electron chi connectivity index (χ4n) is 3.23. The van der Waals surface area contributed by atoms with Gasteiger partial charge in [-0.3, -0.25) is 0 Å². The zero-order valence-electron chi connectivity index (χ0n) is 12.8. The van der Waals surface area contributed by atoms with Gasteiger partial charge < -0.3 is 4.74 Å². The molecule has 0 saturated heterocycles. The maximum absolute atomic E-state index is 11.9. The van der Waals surface area contributed by atoms with E-state index in [-0.39, 0.29) is 5.97 Å². The molecule has 0 bridgehead atoms. The van der Waals surface area contributed by atoms with Crippen LogP contribution < -0.4 is 0 Å². The third-order valence-corrected chi connectivity index (χ3v) is 5.50. The summed E-state index contributed by atoms with van der Waals surface area (Å²) in [4.78, 5) is 13.8. The van der Waals surface area contributed by atoms with E-state index < -0.39 is 0 Å². The summed E-state index contributed by atoms with van der Waals surface area (Å²) < 4.78 is 4.89. The lowest BCUT2D eigenvalue weighted by Crippen LogP contribution is -2.02. The highest BCUT2D eigenvalue weighted by Gasteiger charge is 2.24. The Bertz CT molecular complexity index is 878. The van der Waals surface area contributed by atoms with E-state index >= 15 is 0 Å². The summed E-state index contributed by atoms with van der Waals surface area (Å²) >= 11 is 1.54.